The average Bonchev–Trinajstić information content (AvgIpc) is 2.45. The molecular weight excluding hydrogens is 278 g/mol. The number of morpholine rings is 1. The van der Waals surface area contributed by atoms with Gasteiger partial charge in [-0.1, -0.05) is 13.3 Å². The van der Waals surface area contributed by atoms with Crippen molar-refractivity contribution in [1.29, 1.82) is 0 Å². The molecule has 2 rings (SSSR count). The molecule has 1 N–H and O–H groups in total. The van der Waals surface area contributed by atoms with E-state index < -0.39 is 10.2 Å². The van der Waals surface area contributed by atoms with Crippen molar-refractivity contribution in [1.82, 2.24) is 13.9 Å². The standard InChI is InChI=1S/C13H27N3O3S/c1-3-14-10-13-6-4-5-7-16(13)20(17,18)15-8-9-19-12(2)11-15/h12-14H,3-11H2,1-2H3. The van der Waals surface area contributed by atoms with Crippen molar-refractivity contribution in [3.05, 3.63) is 0 Å². The first-order valence-electron chi connectivity index (χ1n) is 7.65. The molecule has 6 nitrogen and oxygen atoms in total. The molecular formula is C13H27N3O3S. The first kappa shape index (κ1) is 16.2. The van der Waals surface area contributed by atoms with Gasteiger partial charge in [-0.05, 0) is 26.3 Å². The number of likely N-dealkylation sites (N-methyl/N-ethyl adjacent to an activating group) is 1. The van der Waals surface area contributed by atoms with Crippen molar-refractivity contribution in [3.8, 4) is 0 Å². The molecule has 0 spiro atoms. The van der Waals surface area contributed by atoms with Gasteiger partial charge in [-0.15, -0.1) is 0 Å². The summed E-state index contributed by atoms with van der Waals surface area (Å²) in [6.07, 6.45) is 3.01. The molecule has 2 aliphatic heterocycles. The molecule has 2 saturated heterocycles. The van der Waals surface area contributed by atoms with E-state index in [2.05, 4.69) is 5.32 Å². The Morgan fingerprint density at radius 2 is 2.10 bits per heavy atom. The Morgan fingerprint density at radius 3 is 2.80 bits per heavy atom. The van der Waals surface area contributed by atoms with Gasteiger partial charge < -0.3 is 10.1 Å². The van der Waals surface area contributed by atoms with E-state index in [0.29, 0.717) is 26.2 Å². The van der Waals surface area contributed by atoms with E-state index in [0.717, 1.165) is 32.4 Å². The first-order valence-corrected chi connectivity index (χ1v) is 9.04. The summed E-state index contributed by atoms with van der Waals surface area (Å²) >= 11 is 0. The van der Waals surface area contributed by atoms with Gasteiger partial charge in [0.05, 0.1) is 12.7 Å². The topological polar surface area (TPSA) is 61.9 Å². The van der Waals surface area contributed by atoms with Crippen molar-refractivity contribution in [3.63, 3.8) is 0 Å². The largest absolute Gasteiger partial charge is 0.376 e. The molecule has 20 heavy (non-hydrogen) atoms. The molecule has 7 heteroatoms. The quantitative estimate of drug-likeness (QED) is 0.799. The highest BCUT2D eigenvalue weighted by atomic mass is 32.2. The third-order valence-corrected chi connectivity index (χ3v) is 6.09. The predicted molar refractivity (Wildman–Crippen MR) is 78.8 cm³/mol. The van der Waals surface area contributed by atoms with Crippen LogP contribution >= 0.6 is 0 Å². The molecule has 2 fully saturated rings. The summed E-state index contributed by atoms with van der Waals surface area (Å²) in [5.41, 5.74) is 0. The molecule has 0 radical (unpaired) electrons. The lowest BCUT2D eigenvalue weighted by Crippen LogP contribution is -2.56. The van der Waals surface area contributed by atoms with Crippen LogP contribution in [0, 0.1) is 0 Å². The van der Waals surface area contributed by atoms with E-state index in [1.165, 1.54) is 0 Å². The number of hydrogen-bond donors (Lipinski definition) is 1. The number of ether oxygens (including phenoxy) is 1. The Labute approximate surface area is 122 Å². The van der Waals surface area contributed by atoms with Gasteiger partial charge in [0.15, 0.2) is 0 Å². The normalized spacial score (nSPS) is 30.5. The van der Waals surface area contributed by atoms with E-state index in [4.69, 9.17) is 4.74 Å². The third-order valence-electron chi connectivity index (χ3n) is 4.03. The van der Waals surface area contributed by atoms with Crippen LogP contribution in [0.25, 0.3) is 0 Å². The molecule has 0 aromatic heterocycles. The van der Waals surface area contributed by atoms with Crippen molar-refractivity contribution < 1.29 is 13.2 Å². The fourth-order valence-electron chi connectivity index (χ4n) is 2.94. The van der Waals surface area contributed by atoms with Crippen LogP contribution in [-0.4, -0.2) is 68.5 Å². The maximum atomic E-state index is 12.8. The van der Waals surface area contributed by atoms with E-state index in [1.807, 2.05) is 13.8 Å². The number of piperidine rings is 1. The van der Waals surface area contributed by atoms with E-state index in [-0.39, 0.29) is 12.1 Å². The van der Waals surface area contributed by atoms with Crippen molar-refractivity contribution in [2.24, 2.45) is 0 Å². The zero-order chi connectivity index (χ0) is 14.6. The molecule has 0 bridgehead atoms. The van der Waals surface area contributed by atoms with Crippen molar-refractivity contribution in [2.45, 2.75) is 45.3 Å². The fraction of sp³-hybridized carbons (Fsp3) is 1.00. The van der Waals surface area contributed by atoms with E-state index in [9.17, 15) is 8.42 Å². The number of rotatable bonds is 5. The Balaban J connectivity index is 2.08. The highest BCUT2D eigenvalue weighted by Crippen LogP contribution is 2.23. The zero-order valence-electron chi connectivity index (χ0n) is 12.5. The van der Waals surface area contributed by atoms with Gasteiger partial charge in [0.1, 0.15) is 0 Å². The lowest BCUT2D eigenvalue weighted by Gasteiger charge is -2.40. The average molecular weight is 305 g/mol. The lowest BCUT2D eigenvalue weighted by atomic mass is 10.1. The minimum atomic E-state index is -3.35. The molecule has 2 atom stereocenters. The second kappa shape index (κ2) is 7.17. The Bertz CT molecular complexity index is 402. The van der Waals surface area contributed by atoms with Gasteiger partial charge in [0, 0.05) is 32.2 Å². The van der Waals surface area contributed by atoms with E-state index in [1.54, 1.807) is 8.61 Å². The summed E-state index contributed by atoms with van der Waals surface area (Å²) < 4.78 is 34.4. The molecule has 0 amide bonds. The van der Waals surface area contributed by atoms with Crippen LogP contribution in [-0.2, 0) is 14.9 Å². The summed E-state index contributed by atoms with van der Waals surface area (Å²) in [7, 11) is -3.35. The summed E-state index contributed by atoms with van der Waals surface area (Å²) in [4.78, 5) is 0. The molecule has 2 unspecified atom stereocenters. The molecule has 0 aliphatic carbocycles. The predicted octanol–water partition coefficient (Wildman–Crippen LogP) is 0.416. The highest BCUT2D eigenvalue weighted by Gasteiger charge is 2.37. The van der Waals surface area contributed by atoms with Gasteiger partial charge in [0.25, 0.3) is 10.2 Å². The summed E-state index contributed by atoms with van der Waals surface area (Å²) in [5, 5.41) is 3.28. The van der Waals surface area contributed by atoms with Crippen molar-refractivity contribution in [2.75, 3.05) is 39.3 Å². The van der Waals surface area contributed by atoms with Crippen LogP contribution in [0.5, 0.6) is 0 Å². The second-order valence-electron chi connectivity index (χ2n) is 5.62. The SMILES string of the molecule is CCNCC1CCCCN1S(=O)(=O)N1CCOC(C)C1. The highest BCUT2D eigenvalue weighted by molar-refractivity contribution is 7.86. The van der Waals surface area contributed by atoms with Crippen LogP contribution in [0.2, 0.25) is 0 Å². The van der Waals surface area contributed by atoms with Crippen LogP contribution in [0.1, 0.15) is 33.1 Å². The Morgan fingerprint density at radius 1 is 1.30 bits per heavy atom. The zero-order valence-corrected chi connectivity index (χ0v) is 13.4. The molecule has 0 aromatic rings. The van der Waals surface area contributed by atoms with Gasteiger partial charge in [-0.2, -0.15) is 17.0 Å². The maximum absolute atomic E-state index is 12.8. The number of nitrogens with one attached hydrogen (secondary N) is 1. The van der Waals surface area contributed by atoms with Crippen LogP contribution in [0.15, 0.2) is 0 Å². The summed E-state index contributed by atoms with van der Waals surface area (Å²) in [5.74, 6) is 0. The summed E-state index contributed by atoms with van der Waals surface area (Å²) in [6.45, 7) is 7.66. The van der Waals surface area contributed by atoms with E-state index >= 15 is 0 Å². The molecule has 2 heterocycles. The molecule has 0 saturated carbocycles. The van der Waals surface area contributed by atoms with Gasteiger partial charge >= 0.3 is 0 Å². The minimum Gasteiger partial charge on any atom is -0.376 e. The van der Waals surface area contributed by atoms with Crippen molar-refractivity contribution >= 4 is 10.2 Å². The Kier molecular flexibility index (Phi) is 5.80. The van der Waals surface area contributed by atoms with Gasteiger partial charge in [-0.3, -0.25) is 0 Å². The molecule has 118 valence electrons. The van der Waals surface area contributed by atoms with Gasteiger partial charge in [-0.25, -0.2) is 0 Å². The molecule has 0 aromatic carbocycles. The summed E-state index contributed by atoms with van der Waals surface area (Å²) in [6, 6.07) is 0.0897. The molecule has 2 aliphatic rings. The Hall–Kier alpha value is -0.210. The smallest absolute Gasteiger partial charge is 0.282 e. The number of nitrogens with zero attached hydrogens (tertiary/aromatic N) is 2. The van der Waals surface area contributed by atoms with Crippen LogP contribution < -0.4 is 5.32 Å². The maximum Gasteiger partial charge on any atom is 0.282 e. The number of hydrogen-bond acceptors (Lipinski definition) is 4. The third kappa shape index (κ3) is 3.71. The second-order valence-corrected chi connectivity index (χ2v) is 7.50. The van der Waals surface area contributed by atoms with Crippen LogP contribution in [0.3, 0.4) is 0 Å². The van der Waals surface area contributed by atoms with Gasteiger partial charge in [0.2, 0.25) is 0 Å². The first-order chi connectivity index (χ1) is 9.55. The minimum absolute atomic E-state index is 0.0180. The monoisotopic (exact) mass is 305 g/mol. The van der Waals surface area contributed by atoms with Crippen LogP contribution in [0.4, 0.5) is 0 Å². The lowest BCUT2D eigenvalue weighted by molar-refractivity contribution is 0.00735. The fourth-order valence-corrected chi connectivity index (χ4v) is 4.85.